The highest BCUT2D eigenvalue weighted by Crippen LogP contribution is 2.30. The number of alkyl halides is 3. The van der Waals surface area contributed by atoms with Crippen LogP contribution in [0.4, 0.5) is 13.2 Å². The summed E-state index contributed by atoms with van der Waals surface area (Å²) in [5, 5.41) is 0. The Bertz CT molecular complexity index is 232. The predicted molar refractivity (Wildman–Crippen MR) is 53.5 cm³/mol. The Morgan fingerprint density at radius 3 is 2.73 bits per heavy atom. The van der Waals surface area contributed by atoms with E-state index >= 15 is 0 Å². The smallest absolute Gasteiger partial charge is 0.342 e. The number of rotatable bonds is 2. The standard InChI is InChI=1S/C9H14F3NOS/c1-7-3-2-4-13(5-7)8(14)6-15-9(10,11)12/h7H,2-6H2,1H3/t7-/m1/s1. The molecular weight excluding hydrogens is 227 g/mol. The summed E-state index contributed by atoms with van der Waals surface area (Å²) in [4.78, 5) is 12.9. The summed E-state index contributed by atoms with van der Waals surface area (Å²) in [5.74, 6) is -0.488. The minimum Gasteiger partial charge on any atom is -0.342 e. The minimum atomic E-state index is -4.31. The molecular formula is C9H14F3NOS. The lowest BCUT2D eigenvalue weighted by atomic mass is 10.0. The van der Waals surface area contributed by atoms with E-state index in [9.17, 15) is 18.0 Å². The van der Waals surface area contributed by atoms with Crippen LogP contribution in [0.3, 0.4) is 0 Å². The van der Waals surface area contributed by atoms with Crippen LogP contribution in [-0.4, -0.2) is 35.2 Å². The van der Waals surface area contributed by atoms with Gasteiger partial charge < -0.3 is 4.90 Å². The molecule has 15 heavy (non-hydrogen) atoms. The molecule has 0 N–H and O–H groups in total. The second-order valence-corrected chi connectivity index (χ2v) is 4.86. The molecule has 0 saturated carbocycles. The molecule has 0 bridgehead atoms. The van der Waals surface area contributed by atoms with Crippen molar-refractivity contribution >= 4 is 17.7 Å². The highest BCUT2D eigenvalue weighted by Gasteiger charge is 2.31. The maximum absolute atomic E-state index is 11.9. The van der Waals surface area contributed by atoms with Crippen LogP contribution in [0, 0.1) is 5.92 Å². The third-order valence-electron chi connectivity index (χ3n) is 2.37. The molecule has 0 aromatic carbocycles. The van der Waals surface area contributed by atoms with Gasteiger partial charge in [0, 0.05) is 13.1 Å². The zero-order valence-corrected chi connectivity index (χ0v) is 9.33. The largest absolute Gasteiger partial charge is 0.442 e. The summed E-state index contributed by atoms with van der Waals surface area (Å²) < 4.78 is 35.6. The van der Waals surface area contributed by atoms with Gasteiger partial charge in [-0.3, -0.25) is 4.79 Å². The molecule has 1 fully saturated rings. The molecule has 1 aliphatic rings. The van der Waals surface area contributed by atoms with E-state index in [4.69, 9.17) is 0 Å². The van der Waals surface area contributed by atoms with Gasteiger partial charge in [0.05, 0.1) is 5.75 Å². The molecule has 0 aromatic rings. The average Bonchev–Trinajstić information content (AvgIpc) is 2.13. The van der Waals surface area contributed by atoms with Crippen molar-refractivity contribution in [1.29, 1.82) is 0 Å². The van der Waals surface area contributed by atoms with Crippen LogP contribution in [0.25, 0.3) is 0 Å². The fourth-order valence-corrected chi connectivity index (χ4v) is 2.12. The lowest BCUT2D eigenvalue weighted by molar-refractivity contribution is -0.130. The van der Waals surface area contributed by atoms with Crippen molar-refractivity contribution in [3.63, 3.8) is 0 Å². The Kier molecular flexibility index (Phi) is 4.31. The molecule has 1 heterocycles. The van der Waals surface area contributed by atoms with Crippen LogP contribution >= 0.6 is 11.8 Å². The van der Waals surface area contributed by atoms with Crippen LogP contribution in [0.1, 0.15) is 19.8 Å². The Labute approximate surface area is 91.2 Å². The zero-order valence-electron chi connectivity index (χ0n) is 8.51. The van der Waals surface area contributed by atoms with Crippen LogP contribution in [0.5, 0.6) is 0 Å². The minimum absolute atomic E-state index is 0.255. The molecule has 0 aromatic heterocycles. The van der Waals surface area contributed by atoms with Gasteiger partial charge >= 0.3 is 5.51 Å². The van der Waals surface area contributed by atoms with E-state index in [-0.39, 0.29) is 11.8 Å². The van der Waals surface area contributed by atoms with Gasteiger partial charge in [0.1, 0.15) is 0 Å². The number of hydrogen-bond acceptors (Lipinski definition) is 2. The number of hydrogen-bond donors (Lipinski definition) is 0. The zero-order chi connectivity index (χ0) is 11.5. The molecule has 88 valence electrons. The van der Waals surface area contributed by atoms with E-state index in [2.05, 4.69) is 0 Å². The van der Waals surface area contributed by atoms with Crippen molar-refractivity contribution in [2.24, 2.45) is 5.92 Å². The van der Waals surface area contributed by atoms with Crippen LogP contribution in [-0.2, 0) is 4.79 Å². The second kappa shape index (κ2) is 5.09. The first-order valence-electron chi connectivity index (χ1n) is 4.87. The Morgan fingerprint density at radius 1 is 1.53 bits per heavy atom. The Balaban J connectivity index is 2.33. The van der Waals surface area contributed by atoms with Crippen molar-refractivity contribution in [3.8, 4) is 0 Å². The lowest BCUT2D eigenvalue weighted by Gasteiger charge is -2.30. The normalized spacial score (nSPS) is 22.9. The third-order valence-corrected chi connectivity index (χ3v) is 3.09. The lowest BCUT2D eigenvalue weighted by Crippen LogP contribution is -2.40. The van der Waals surface area contributed by atoms with Gasteiger partial charge in [0.25, 0.3) is 0 Å². The van der Waals surface area contributed by atoms with E-state index in [1.165, 1.54) is 4.90 Å². The summed E-state index contributed by atoms with van der Waals surface area (Å²) in [7, 11) is 0. The molecule has 0 radical (unpaired) electrons. The summed E-state index contributed by atoms with van der Waals surface area (Å²) in [5.41, 5.74) is -4.31. The number of halogens is 3. The molecule has 0 spiro atoms. The molecule has 0 aliphatic carbocycles. The molecule has 1 amide bonds. The molecule has 1 saturated heterocycles. The summed E-state index contributed by atoms with van der Waals surface area (Å²) in [6, 6.07) is 0. The van der Waals surface area contributed by atoms with Gasteiger partial charge in [-0.15, -0.1) is 0 Å². The maximum atomic E-state index is 11.9. The number of carbonyl (C=O) groups is 1. The van der Waals surface area contributed by atoms with Crippen molar-refractivity contribution in [3.05, 3.63) is 0 Å². The molecule has 6 heteroatoms. The number of likely N-dealkylation sites (tertiary alicyclic amines) is 1. The highest BCUT2D eigenvalue weighted by molar-refractivity contribution is 8.00. The number of nitrogens with zero attached hydrogens (tertiary/aromatic N) is 1. The molecule has 1 aliphatic heterocycles. The van der Waals surface area contributed by atoms with Crippen molar-refractivity contribution < 1.29 is 18.0 Å². The number of carbonyl (C=O) groups excluding carboxylic acids is 1. The van der Waals surface area contributed by atoms with Gasteiger partial charge in [-0.05, 0) is 30.5 Å². The SMILES string of the molecule is C[C@@H]1CCCN(C(=O)CSC(F)(F)F)C1. The average molecular weight is 241 g/mol. The summed E-state index contributed by atoms with van der Waals surface area (Å²) in [6.07, 6.45) is 1.94. The number of piperidine rings is 1. The summed E-state index contributed by atoms with van der Waals surface area (Å²) in [6.45, 7) is 3.20. The topological polar surface area (TPSA) is 20.3 Å². The van der Waals surface area contributed by atoms with Crippen LogP contribution in [0.15, 0.2) is 0 Å². The summed E-state index contributed by atoms with van der Waals surface area (Å²) >= 11 is -0.255. The molecule has 2 nitrogen and oxygen atoms in total. The van der Waals surface area contributed by atoms with Gasteiger partial charge in [0.2, 0.25) is 5.91 Å². The van der Waals surface area contributed by atoms with Crippen LogP contribution in [0.2, 0.25) is 0 Å². The first-order chi connectivity index (χ1) is 6.88. The van der Waals surface area contributed by atoms with E-state index in [0.717, 1.165) is 12.8 Å². The first kappa shape index (κ1) is 12.7. The van der Waals surface area contributed by atoms with E-state index in [1.54, 1.807) is 0 Å². The Morgan fingerprint density at radius 2 is 2.20 bits per heavy atom. The quantitative estimate of drug-likeness (QED) is 0.740. The number of amides is 1. The highest BCUT2D eigenvalue weighted by atomic mass is 32.2. The molecule has 0 unspecified atom stereocenters. The van der Waals surface area contributed by atoms with Gasteiger partial charge in [-0.25, -0.2) is 0 Å². The van der Waals surface area contributed by atoms with Gasteiger partial charge in [0.15, 0.2) is 0 Å². The van der Waals surface area contributed by atoms with E-state index in [0.29, 0.717) is 19.0 Å². The van der Waals surface area contributed by atoms with Gasteiger partial charge in [-0.1, -0.05) is 6.92 Å². The molecule has 1 rings (SSSR count). The second-order valence-electron chi connectivity index (χ2n) is 3.82. The fraction of sp³-hybridized carbons (Fsp3) is 0.889. The number of thioether (sulfide) groups is 1. The Hall–Kier alpha value is -0.390. The van der Waals surface area contributed by atoms with Crippen LogP contribution < -0.4 is 0 Å². The van der Waals surface area contributed by atoms with Gasteiger partial charge in [-0.2, -0.15) is 13.2 Å². The fourth-order valence-electron chi connectivity index (χ4n) is 1.65. The monoisotopic (exact) mass is 241 g/mol. The third kappa shape index (κ3) is 4.77. The van der Waals surface area contributed by atoms with E-state index < -0.39 is 17.2 Å². The van der Waals surface area contributed by atoms with Crippen molar-refractivity contribution in [1.82, 2.24) is 4.90 Å². The first-order valence-corrected chi connectivity index (χ1v) is 5.85. The molecule has 1 atom stereocenters. The van der Waals surface area contributed by atoms with Crippen molar-refractivity contribution in [2.75, 3.05) is 18.8 Å². The van der Waals surface area contributed by atoms with Crippen molar-refractivity contribution in [2.45, 2.75) is 25.3 Å². The van der Waals surface area contributed by atoms with E-state index in [1.807, 2.05) is 6.92 Å². The predicted octanol–water partition coefficient (Wildman–Crippen LogP) is 2.50. The maximum Gasteiger partial charge on any atom is 0.442 e.